The van der Waals surface area contributed by atoms with Crippen LogP contribution in [0.25, 0.3) is 0 Å². The van der Waals surface area contributed by atoms with Crippen LogP contribution < -0.4 is 9.80 Å². The summed E-state index contributed by atoms with van der Waals surface area (Å²) in [5, 5.41) is 4.68. The van der Waals surface area contributed by atoms with Crippen LogP contribution in [0.4, 0.5) is 5.69 Å². The molecule has 2 fully saturated rings. The van der Waals surface area contributed by atoms with Gasteiger partial charge in [-0.2, -0.15) is 9.78 Å². The summed E-state index contributed by atoms with van der Waals surface area (Å²) in [7, 11) is 0. The molecule has 1 aromatic carbocycles. The van der Waals surface area contributed by atoms with E-state index in [1.54, 1.807) is 6.92 Å². The number of ketones is 1. The van der Waals surface area contributed by atoms with Crippen molar-refractivity contribution in [2.45, 2.75) is 39.4 Å². The summed E-state index contributed by atoms with van der Waals surface area (Å²) in [5.74, 6) is 1.16. The van der Waals surface area contributed by atoms with Gasteiger partial charge in [-0.15, -0.1) is 0 Å². The van der Waals surface area contributed by atoms with Crippen LogP contribution in [0.5, 0.6) is 0 Å². The van der Waals surface area contributed by atoms with Crippen molar-refractivity contribution in [3.05, 3.63) is 40.4 Å². The highest BCUT2D eigenvalue weighted by Crippen LogP contribution is 2.35. The van der Waals surface area contributed by atoms with Crippen LogP contribution in [-0.2, 0) is 6.67 Å². The number of nitrogens with one attached hydrogen (secondary N) is 1. The molecule has 26 heavy (non-hydrogen) atoms. The number of benzene rings is 1. The molecule has 7 heteroatoms. The first-order chi connectivity index (χ1) is 12.5. The molecule has 1 N–H and O–H groups in total. The highest BCUT2D eigenvalue weighted by molar-refractivity contribution is 7.71. The number of carbonyl (C=O) groups is 1. The van der Waals surface area contributed by atoms with Gasteiger partial charge in [0.1, 0.15) is 5.82 Å². The van der Waals surface area contributed by atoms with Gasteiger partial charge in [-0.1, -0.05) is 0 Å². The van der Waals surface area contributed by atoms with Gasteiger partial charge in [0.15, 0.2) is 12.5 Å². The van der Waals surface area contributed by atoms with Gasteiger partial charge < -0.3 is 14.4 Å². The molecule has 0 amide bonds. The predicted octanol–water partition coefficient (Wildman–Crippen LogP) is 1.62. The Morgan fingerprint density at radius 1 is 1.23 bits per heavy atom. The quantitative estimate of drug-likeness (QED) is 0.640. The molecule has 138 valence electrons. The summed E-state index contributed by atoms with van der Waals surface area (Å²) >= 11 is 5.64. The second-order valence-electron chi connectivity index (χ2n) is 7.43. The van der Waals surface area contributed by atoms with E-state index in [9.17, 15) is 4.79 Å². The van der Waals surface area contributed by atoms with Gasteiger partial charge in [0.2, 0.25) is 4.77 Å². The number of rotatable bonds is 5. The van der Waals surface area contributed by atoms with E-state index in [0.717, 1.165) is 49.0 Å². The van der Waals surface area contributed by atoms with E-state index in [0.29, 0.717) is 6.04 Å². The molecule has 1 aliphatic carbocycles. The van der Waals surface area contributed by atoms with Crippen LogP contribution in [0.15, 0.2) is 24.3 Å². The van der Waals surface area contributed by atoms with Crippen molar-refractivity contribution < 1.29 is 9.69 Å². The topological polar surface area (TPSA) is 47.5 Å². The Hall–Kier alpha value is -1.99. The summed E-state index contributed by atoms with van der Waals surface area (Å²) in [5.41, 5.74) is 1.97. The van der Waals surface area contributed by atoms with Crippen LogP contribution in [0.2, 0.25) is 0 Å². The Morgan fingerprint density at radius 3 is 2.46 bits per heavy atom. The van der Waals surface area contributed by atoms with E-state index in [1.165, 1.54) is 23.4 Å². The maximum absolute atomic E-state index is 11.4. The zero-order valence-corrected chi connectivity index (χ0v) is 16.3. The van der Waals surface area contributed by atoms with Gasteiger partial charge in [-0.05, 0) is 63.2 Å². The molecule has 2 aliphatic rings. The summed E-state index contributed by atoms with van der Waals surface area (Å²) in [6, 6.07) is 8.53. The largest absolute Gasteiger partial charge is 0.360 e. The van der Waals surface area contributed by atoms with Crippen molar-refractivity contribution in [3.63, 3.8) is 0 Å². The maximum Gasteiger partial charge on any atom is 0.203 e. The number of quaternary nitrogens is 1. The van der Waals surface area contributed by atoms with Crippen LogP contribution in [-0.4, -0.2) is 46.3 Å². The molecule has 6 nitrogen and oxygen atoms in total. The lowest BCUT2D eigenvalue weighted by atomic mass is 10.1. The first-order valence-electron chi connectivity index (χ1n) is 9.38. The third-order valence-electron chi connectivity index (χ3n) is 5.44. The van der Waals surface area contributed by atoms with E-state index in [2.05, 4.69) is 33.6 Å². The Balaban J connectivity index is 1.37. The van der Waals surface area contributed by atoms with Crippen molar-refractivity contribution in [2.75, 3.05) is 31.1 Å². The molecule has 4 rings (SSSR count). The van der Waals surface area contributed by atoms with Crippen molar-refractivity contribution in [1.29, 1.82) is 0 Å². The number of nitrogens with zero attached hydrogens (tertiary/aromatic N) is 4. The molecule has 0 atom stereocenters. The van der Waals surface area contributed by atoms with Gasteiger partial charge in [0, 0.05) is 17.3 Å². The summed E-state index contributed by atoms with van der Waals surface area (Å²) < 4.78 is 5.11. The molecule has 0 unspecified atom stereocenters. The van der Waals surface area contributed by atoms with Gasteiger partial charge in [0.05, 0.1) is 26.2 Å². The molecule has 0 spiro atoms. The minimum absolute atomic E-state index is 0.114. The average Bonchev–Trinajstić information content (AvgIpc) is 3.42. The van der Waals surface area contributed by atoms with Gasteiger partial charge in [-0.25, -0.2) is 0 Å². The molecular weight excluding hydrogens is 346 g/mol. The summed E-state index contributed by atoms with van der Waals surface area (Å²) in [4.78, 5) is 15.3. The molecule has 1 saturated heterocycles. The molecule has 2 heterocycles. The number of hydrogen-bond donors (Lipinski definition) is 1. The molecule has 1 aliphatic heterocycles. The van der Waals surface area contributed by atoms with Gasteiger partial charge >= 0.3 is 0 Å². The van der Waals surface area contributed by atoms with E-state index in [1.807, 2.05) is 16.8 Å². The monoisotopic (exact) mass is 372 g/mol. The number of aromatic nitrogens is 3. The lowest BCUT2D eigenvalue weighted by Gasteiger charge is -2.33. The normalized spacial score (nSPS) is 18.3. The minimum Gasteiger partial charge on any atom is -0.360 e. The highest BCUT2D eigenvalue weighted by Gasteiger charge is 2.28. The fourth-order valence-corrected chi connectivity index (χ4v) is 4.13. The van der Waals surface area contributed by atoms with E-state index < -0.39 is 0 Å². The molecule has 1 saturated carbocycles. The zero-order chi connectivity index (χ0) is 18.3. The van der Waals surface area contributed by atoms with Crippen molar-refractivity contribution in [1.82, 2.24) is 14.3 Å². The predicted molar refractivity (Wildman–Crippen MR) is 103 cm³/mol. The van der Waals surface area contributed by atoms with Crippen LogP contribution in [0, 0.1) is 11.7 Å². The average molecular weight is 373 g/mol. The standard InChI is InChI=1S/C19H25N5OS/c1-14(25)16-3-5-17(6-4-16)22-11-9-21(10-12-22)13-23-19(26)24(15(2)20-23)18-7-8-18/h3-6,18H,7-13H2,1-2H3/p+1. The van der Waals surface area contributed by atoms with Crippen molar-refractivity contribution in [2.24, 2.45) is 0 Å². The van der Waals surface area contributed by atoms with Crippen LogP contribution in [0.3, 0.4) is 0 Å². The number of hydrogen-bond acceptors (Lipinski definition) is 4. The lowest BCUT2D eigenvalue weighted by molar-refractivity contribution is -0.924. The van der Waals surface area contributed by atoms with Gasteiger partial charge in [0.25, 0.3) is 0 Å². The molecule has 2 aromatic rings. The number of anilines is 1. The van der Waals surface area contributed by atoms with Crippen LogP contribution in [0.1, 0.15) is 42.0 Å². The Kier molecular flexibility index (Phi) is 4.67. The van der Waals surface area contributed by atoms with E-state index in [4.69, 9.17) is 12.2 Å². The summed E-state index contributed by atoms with van der Waals surface area (Å²) in [6.07, 6.45) is 2.46. The Bertz CT molecular complexity index is 857. The first kappa shape index (κ1) is 17.4. The second kappa shape index (κ2) is 6.96. The smallest absolute Gasteiger partial charge is 0.203 e. The molecule has 0 radical (unpaired) electrons. The van der Waals surface area contributed by atoms with Crippen LogP contribution >= 0.6 is 12.2 Å². The summed E-state index contributed by atoms with van der Waals surface area (Å²) in [6.45, 7) is 8.64. The SMILES string of the molecule is CC(=O)c1ccc(N2CC[NH+](Cn3nc(C)n(C4CC4)c3=S)CC2)cc1. The maximum atomic E-state index is 11.4. The number of piperazine rings is 1. The first-order valence-corrected chi connectivity index (χ1v) is 9.79. The molecule has 0 bridgehead atoms. The molecule has 1 aromatic heterocycles. The zero-order valence-electron chi connectivity index (χ0n) is 15.4. The fourth-order valence-electron chi connectivity index (χ4n) is 3.74. The van der Waals surface area contributed by atoms with E-state index in [-0.39, 0.29) is 5.78 Å². The second-order valence-corrected chi connectivity index (χ2v) is 7.79. The fraction of sp³-hybridized carbons (Fsp3) is 0.526. The number of aryl methyl sites for hydroxylation is 1. The Labute approximate surface area is 159 Å². The third-order valence-corrected chi connectivity index (χ3v) is 5.84. The highest BCUT2D eigenvalue weighted by atomic mass is 32.1. The number of Topliss-reactive ketones (excluding diaryl/α,β-unsaturated/α-hetero) is 1. The van der Waals surface area contributed by atoms with Crippen molar-refractivity contribution >= 4 is 23.7 Å². The van der Waals surface area contributed by atoms with E-state index >= 15 is 0 Å². The Morgan fingerprint density at radius 2 is 1.88 bits per heavy atom. The lowest BCUT2D eigenvalue weighted by Crippen LogP contribution is -3.14. The van der Waals surface area contributed by atoms with Crippen molar-refractivity contribution in [3.8, 4) is 0 Å². The molecular formula is C19H26N5OS+. The third kappa shape index (κ3) is 3.46. The number of carbonyl (C=O) groups excluding carboxylic acids is 1. The van der Waals surface area contributed by atoms with Gasteiger partial charge in [-0.3, -0.25) is 4.79 Å². The minimum atomic E-state index is 0.114.